The van der Waals surface area contributed by atoms with E-state index in [4.69, 9.17) is 15.2 Å². The van der Waals surface area contributed by atoms with Gasteiger partial charge in [0.1, 0.15) is 13.2 Å². The van der Waals surface area contributed by atoms with E-state index in [2.05, 4.69) is 0 Å². The quantitative estimate of drug-likeness (QED) is 0.645. The van der Waals surface area contributed by atoms with Crippen LogP contribution in [0.5, 0.6) is 11.5 Å². The van der Waals surface area contributed by atoms with Crippen LogP contribution in [0, 0.1) is 0 Å². The zero-order valence-corrected chi connectivity index (χ0v) is 8.27. The highest BCUT2D eigenvalue weighted by atomic mass is 16.6. The molecule has 2 aliphatic rings. The normalized spacial score (nSPS) is 27.6. The third-order valence-corrected chi connectivity index (χ3v) is 3.01. The third-order valence-electron chi connectivity index (χ3n) is 3.01. The van der Waals surface area contributed by atoms with E-state index in [1.54, 1.807) is 0 Å². The average molecular weight is 207 g/mol. The predicted octanol–water partition coefficient (Wildman–Crippen LogP) is 0.375. The van der Waals surface area contributed by atoms with Gasteiger partial charge >= 0.3 is 0 Å². The molecule has 0 spiro atoms. The molecule has 0 bridgehead atoms. The lowest BCUT2D eigenvalue weighted by atomic mass is 10.1. The first-order valence-corrected chi connectivity index (χ1v) is 5.12. The summed E-state index contributed by atoms with van der Waals surface area (Å²) >= 11 is 0. The van der Waals surface area contributed by atoms with Crippen LogP contribution in [0.25, 0.3) is 0 Å². The Morgan fingerprint density at radius 3 is 2.60 bits per heavy atom. The summed E-state index contributed by atoms with van der Waals surface area (Å²) < 4.78 is 10.9. The van der Waals surface area contributed by atoms with E-state index in [0.29, 0.717) is 19.6 Å². The number of nitrogens with two attached hydrogens (primary N) is 1. The van der Waals surface area contributed by atoms with Crippen molar-refractivity contribution in [1.82, 2.24) is 0 Å². The van der Waals surface area contributed by atoms with Crippen molar-refractivity contribution in [1.29, 1.82) is 0 Å². The Labute approximate surface area is 87.6 Å². The fraction of sp³-hybridized carbons (Fsp3) is 0.455. The molecule has 0 aromatic heterocycles. The molecule has 1 aliphatic carbocycles. The molecule has 1 aromatic rings. The van der Waals surface area contributed by atoms with E-state index in [0.717, 1.165) is 22.6 Å². The van der Waals surface area contributed by atoms with Crippen LogP contribution in [0.15, 0.2) is 12.1 Å². The monoisotopic (exact) mass is 207 g/mol. The highest BCUT2D eigenvalue weighted by Gasteiger charge is 2.30. The molecular weight excluding hydrogens is 194 g/mol. The second kappa shape index (κ2) is 3.12. The molecule has 80 valence electrons. The van der Waals surface area contributed by atoms with Gasteiger partial charge in [0.25, 0.3) is 0 Å². The van der Waals surface area contributed by atoms with Crippen LogP contribution >= 0.6 is 0 Å². The van der Waals surface area contributed by atoms with Gasteiger partial charge in [-0.25, -0.2) is 0 Å². The number of hydrogen-bond acceptors (Lipinski definition) is 4. The van der Waals surface area contributed by atoms with Crippen LogP contribution in [0.3, 0.4) is 0 Å². The van der Waals surface area contributed by atoms with Gasteiger partial charge in [-0.15, -0.1) is 0 Å². The Balaban J connectivity index is 2.09. The molecule has 2 unspecified atom stereocenters. The molecule has 3 rings (SSSR count). The Morgan fingerprint density at radius 2 is 1.87 bits per heavy atom. The summed E-state index contributed by atoms with van der Waals surface area (Å²) in [5.74, 6) is 1.51. The molecule has 0 amide bonds. The first-order chi connectivity index (χ1) is 7.25. The molecular formula is C11H13NO3. The lowest BCUT2D eigenvalue weighted by molar-refractivity contribution is 0.158. The van der Waals surface area contributed by atoms with Crippen LogP contribution in [0.2, 0.25) is 0 Å². The summed E-state index contributed by atoms with van der Waals surface area (Å²) in [7, 11) is 0. The molecule has 4 heteroatoms. The van der Waals surface area contributed by atoms with Crippen molar-refractivity contribution in [3.05, 3.63) is 23.3 Å². The van der Waals surface area contributed by atoms with E-state index < -0.39 is 6.10 Å². The molecule has 1 aliphatic heterocycles. The minimum absolute atomic E-state index is 0.296. The second-order valence-corrected chi connectivity index (χ2v) is 3.99. The van der Waals surface area contributed by atoms with Crippen molar-refractivity contribution in [2.24, 2.45) is 5.73 Å². The SMILES string of the molecule is NC1c2cc3c(cc2CC1O)OCCO3. The maximum absolute atomic E-state index is 9.66. The summed E-state index contributed by atoms with van der Waals surface area (Å²) in [6.45, 7) is 1.16. The van der Waals surface area contributed by atoms with E-state index in [1.165, 1.54) is 0 Å². The van der Waals surface area contributed by atoms with Gasteiger partial charge in [-0.1, -0.05) is 0 Å². The van der Waals surface area contributed by atoms with Gasteiger partial charge in [0.05, 0.1) is 12.1 Å². The van der Waals surface area contributed by atoms with Crippen LogP contribution in [0.1, 0.15) is 17.2 Å². The summed E-state index contributed by atoms with van der Waals surface area (Å²) in [6.07, 6.45) is 0.122. The number of ether oxygens (including phenoxy) is 2. The smallest absolute Gasteiger partial charge is 0.161 e. The molecule has 3 N–H and O–H groups in total. The number of fused-ring (bicyclic) bond motifs is 2. The van der Waals surface area contributed by atoms with Crippen LogP contribution in [-0.2, 0) is 6.42 Å². The number of hydrogen-bond donors (Lipinski definition) is 2. The van der Waals surface area contributed by atoms with Crippen molar-refractivity contribution < 1.29 is 14.6 Å². The van der Waals surface area contributed by atoms with Crippen LogP contribution in [-0.4, -0.2) is 24.4 Å². The second-order valence-electron chi connectivity index (χ2n) is 3.99. The Hall–Kier alpha value is -1.26. The van der Waals surface area contributed by atoms with Crippen molar-refractivity contribution in [3.8, 4) is 11.5 Å². The van der Waals surface area contributed by atoms with Crippen LogP contribution < -0.4 is 15.2 Å². The van der Waals surface area contributed by atoms with Crippen LogP contribution in [0.4, 0.5) is 0 Å². The van der Waals surface area contributed by atoms with Crippen molar-refractivity contribution in [2.45, 2.75) is 18.6 Å². The van der Waals surface area contributed by atoms with Crippen molar-refractivity contribution >= 4 is 0 Å². The maximum atomic E-state index is 9.66. The average Bonchev–Trinajstić information content (AvgIpc) is 2.52. The van der Waals surface area contributed by atoms with Gasteiger partial charge in [-0.3, -0.25) is 0 Å². The molecule has 0 fully saturated rings. The molecule has 0 radical (unpaired) electrons. The van der Waals surface area contributed by atoms with Gasteiger partial charge in [0.2, 0.25) is 0 Å². The molecule has 15 heavy (non-hydrogen) atoms. The maximum Gasteiger partial charge on any atom is 0.161 e. The number of aliphatic hydroxyl groups excluding tert-OH is 1. The summed E-state index contributed by atoms with van der Waals surface area (Å²) in [5.41, 5.74) is 7.92. The minimum atomic E-state index is -0.483. The molecule has 4 nitrogen and oxygen atoms in total. The Bertz CT molecular complexity index is 405. The van der Waals surface area contributed by atoms with Crippen molar-refractivity contribution in [3.63, 3.8) is 0 Å². The summed E-state index contributed by atoms with van der Waals surface area (Å²) in [5, 5.41) is 9.66. The van der Waals surface area contributed by atoms with Gasteiger partial charge in [-0.2, -0.15) is 0 Å². The van der Waals surface area contributed by atoms with E-state index >= 15 is 0 Å². The highest BCUT2D eigenvalue weighted by Crippen LogP contribution is 2.39. The zero-order valence-electron chi connectivity index (χ0n) is 8.27. The van der Waals surface area contributed by atoms with Gasteiger partial charge in [0, 0.05) is 6.42 Å². The molecule has 0 saturated carbocycles. The molecule has 0 saturated heterocycles. The third kappa shape index (κ3) is 1.29. The number of rotatable bonds is 0. The van der Waals surface area contributed by atoms with E-state index in [1.807, 2.05) is 12.1 Å². The molecule has 2 atom stereocenters. The molecule has 1 heterocycles. The fourth-order valence-electron chi connectivity index (χ4n) is 2.19. The van der Waals surface area contributed by atoms with Gasteiger partial charge in [0.15, 0.2) is 11.5 Å². The zero-order chi connectivity index (χ0) is 10.4. The van der Waals surface area contributed by atoms with E-state index in [9.17, 15) is 5.11 Å². The highest BCUT2D eigenvalue weighted by molar-refractivity contribution is 5.51. The summed E-state index contributed by atoms with van der Waals surface area (Å²) in [4.78, 5) is 0. The minimum Gasteiger partial charge on any atom is -0.486 e. The van der Waals surface area contributed by atoms with Gasteiger partial charge in [-0.05, 0) is 23.3 Å². The number of benzene rings is 1. The van der Waals surface area contributed by atoms with Gasteiger partial charge < -0.3 is 20.3 Å². The summed E-state index contributed by atoms with van der Waals surface area (Å²) in [6, 6.07) is 3.53. The van der Waals surface area contributed by atoms with E-state index in [-0.39, 0.29) is 6.04 Å². The lowest BCUT2D eigenvalue weighted by Gasteiger charge is -2.20. The fourth-order valence-corrected chi connectivity index (χ4v) is 2.19. The first-order valence-electron chi connectivity index (χ1n) is 5.12. The first kappa shape index (κ1) is 9.00. The predicted molar refractivity (Wildman–Crippen MR) is 54.1 cm³/mol. The number of aliphatic hydroxyl groups is 1. The molecule has 1 aromatic carbocycles. The topological polar surface area (TPSA) is 64.7 Å². The largest absolute Gasteiger partial charge is 0.486 e. The Kier molecular flexibility index (Phi) is 1.87. The Morgan fingerprint density at radius 1 is 1.20 bits per heavy atom. The van der Waals surface area contributed by atoms with Crippen molar-refractivity contribution in [2.75, 3.05) is 13.2 Å². The lowest BCUT2D eigenvalue weighted by Crippen LogP contribution is -2.21. The standard InChI is InChI=1S/C11H13NO3/c12-11-7-5-10-9(14-1-2-15-10)4-6(7)3-8(11)13/h4-5,8,11,13H,1-3,12H2.